The van der Waals surface area contributed by atoms with Crippen molar-refractivity contribution in [3.8, 4) is 5.75 Å². The van der Waals surface area contributed by atoms with Crippen molar-refractivity contribution in [2.45, 2.75) is 33.3 Å². The van der Waals surface area contributed by atoms with Crippen LogP contribution >= 0.6 is 0 Å². The zero-order valence-electron chi connectivity index (χ0n) is 9.21. The Bertz CT molecular complexity index is 315. The van der Waals surface area contributed by atoms with Gasteiger partial charge in [0.1, 0.15) is 11.9 Å². The second kappa shape index (κ2) is 4.85. The molecule has 0 saturated carbocycles. The first-order valence-corrected chi connectivity index (χ1v) is 5.06. The van der Waals surface area contributed by atoms with Gasteiger partial charge in [-0.05, 0) is 37.5 Å². The lowest BCUT2D eigenvalue weighted by Gasteiger charge is -2.14. The first kappa shape index (κ1) is 10.8. The number of hydrogen-bond acceptors (Lipinski definition) is 1. The van der Waals surface area contributed by atoms with E-state index in [1.165, 1.54) is 11.1 Å². The highest BCUT2D eigenvalue weighted by molar-refractivity contribution is 5.37. The van der Waals surface area contributed by atoms with E-state index >= 15 is 0 Å². The van der Waals surface area contributed by atoms with Crippen molar-refractivity contribution < 1.29 is 4.74 Å². The number of ether oxygens (including phenoxy) is 1. The van der Waals surface area contributed by atoms with E-state index in [9.17, 15) is 0 Å². The van der Waals surface area contributed by atoms with Gasteiger partial charge in [0.05, 0.1) is 0 Å². The molecule has 0 bridgehead atoms. The minimum atomic E-state index is 0.0714. The van der Waals surface area contributed by atoms with Crippen molar-refractivity contribution >= 4 is 0 Å². The van der Waals surface area contributed by atoms with E-state index in [1.807, 2.05) is 13.0 Å². The quantitative estimate of drug-likeness (QED) is 0.660. The summed E-state index contributed by atoms with van der Waals surface area (Å²) in [5.74, 6) is 0.986. The first-order valence-electron chi connectivity index (χ1n) is 5.06. The highest BCUT2D eigenvalue weighted by Crippen LogP contribution is 2.22. The Kier molecular flexibility index (Phi) is 3.75. The third-order valence-electron chi connectivity index (χ3n) is 2.25. The molecule has 0 fully saturated rings. The summed E-state index contributed by atoms with van der Waals surface area (Å²) in [5, 5.41) is 0. The minimum absolute atomic E-state index is 0.0714. The Hall–Kier alpha value is -1.24. The predicted molar refractivity (Wildman–Crippen MR) is 60.8 cm³/mol. The fourth-order valence-corrected chi connectivity index (χ4v) is 1.31. The van der Waals surface area contributed by atoms with E-state index in [4.69, 9.17) is 4.74 Å². The molecule has 76 valence electrons. The second-order valence-corrected chi connectivity index (χ2v) is 3.52. The van der Waals surface area contributed by atoms with E-state index in [-0.39, 0.29) is 6.10 Å². The molecule has 0 saturated heterocycles. The van der Waals surface area contributed by atoms with Gasteiger partial charge in [-0.3, -0.25) is 0 Å². The molecule has 0 aromatic heterocycles. The topological polar surface area (TPSA) is 9.23 Å². The highest BCUT2D eigenvalue weighted by atomic mass is 16.5. The standard InChI is InChI=1S/C13H18O/c1-5-11(4)14-13-9-10(3)7-8-12(13)6-2/h5,7-9,11H,1,6H2,2-4H3. The molecule has 0 amide bonds. The zero-order chi connectivity index (χ0) is 10.6. The molecule has 14 heavy (non-hydrogen) atoms. The molecule has 1 aromatic carbocycles. The van der Waals surface area contributed by atoms with Crippen molar-refractivity contribution in [3.05, 3.63) is 42.0 Å². The Balaban J connectivity index is 2.92. The molecule has 0 radical (unpaired) electrons. The molecule has 0 spiro atoms. The third-order valence-corrected chi connectivity index (χ3v) is 2.25. The molecule has 0 heterocycles. The van der Waals surface area contributed by atoms with Crippen LogP contribution in [0.2, 0.25) is 0 Å². The van der Waals surface area contributed by atoms with Crippen LogP contribution in [-0.2, 0) is 6.42 Å². The maximum absolute atomic E-state index is 5.75. The van der Waals surface area contributed by atoms with E-state index < -0.39 is 0 Å². The van der Waals surface area contributed by atoms with Crippen molar-refractivity contribution in [2.24, 2.45) is 0 Å². The summed E-state index contributed by atoms with van der Waals surface area (Å²) in [5.41, 5.74) is 2.48. The summed E-state index contributed by atoms with van der Waals surface area (Å²) in [4.78, 5) is 0. The average Bonchev–Trinajstić information content (AvgIpc) is 2.18. The summed E-state index contributed by atoms with van der Waals surface area (Å²) in [6, 6.07) is 6.32. The fraction of sp³-hybridized carbons (Fsp3) is 0.385. The minimum Gasteiger partial charge on any atom is -0.486 e. The average molecular weight is 190 g/mol. The molecule has 1 unspecified atom stereocenters. The first-order chi connectivity index (χ1) is 6.67. The molecule has 0 aliphatic heterocycles. The Morgan fingerprint density at radius 1 is 1.50 bits per heavy atom. The van der Waals surface area contributed by atoms with Gasteiger partial charge in [-0.15, -0.1) is 0 Å². The van der Waals surface area contributed by atoms with Crippen LogP contribution in [-0.4, -0.2) is 6.10 Å². The molecule has 0 N–H and O–H groups in total. The molecule has 1 nitrogen and oxygen atoms in total. The maximum atomic E-state index is 5.75. The van der Waals surface area contributed by atoms with E-state index in [0.29, 0.717) is 0 Å². The largest absolute Gasteiger partial charge is 0.486 e. The van der Waals surface area contributed by atoms with Crippen molar-refractivity contribution in [1.82, 2.24) is 0 Å². The van der Waals surface area contributed by atoms with Crippen molar-refractivity contribution in [2.75, 3.05) is 0 Å². The van der Waals surface area contributed by atoms with Gasteiger partial charge in [-0.1, -0.05) is 31.7 Å². The highest BCUT2D eigenvalue weighted by Gasteiger charge is 2.04. The van der Waals surface area contributed by atoms with Crippen LogP contribution in [0.4, 0.5) is 0 Å². The van der Waals surface area contributed by atoms with Crippen LogP contribution in [0, 0.1) is 6.92 Å². The van der Waals surface area contributed by atoms with Gasteiger partial charge in [0, 0.05) is 0 Å². The fourth-order valence-electron chi connectivity index (χ4n) is 1.31. The number of rotatable bonds is 4. The Morgan fingerprint density at radius 3 is 2.79 bits per heavy atom. The molecule has 0 aliphatic carbocycles. The Morgan fingerprint density at radius 2 is 2.21 bits per heavy atom. The van der Waals surface area contributed by atoms with Crippen LogP contribution < -0.4 is 4.74 Å². The summed E-state index contributed by atoms with van der Waals surface area (Å²) in [6.45, 7) is 9.91. The van der Waals surface area contributed by atoms with Crippen LogP contribution in [0.25, 0.3) is 0 Å². The summed E-state index contributed by atoms with van der Waals surface area (Å²) >= 11 is 0. The smallest absolute Gasteiger partial charge is 0.123 e. The molecular formula is C13H18O. The predicted octanol–water partition coefficient (Wildman–Crippen LogP) is 3.51. The van der Waals surface area contributed by atoms with Gasteiger partial charge >= 0.3 is 0 Å². The maximum Gasteiger partial charge on any atom is 0.123 e. The second-order valence-electron chi connectivity index (χ2n) is 3.52. The van der Waals surface area contributed by atoms with Gasteiger partial charge in [0.15, 0.2) is 0 Å². The van der Waals surface area contributed by atoms with Gasteiger partial charge in [-0.2, -0.15) is 0 Å². The lowest BCUT2D eigenvalue weighted by Crippen LogP contribution is -2.08. The molecule has 0 aliphatic rings. The normalized spacial score (nSPS) is 12.2. The molecular weight excluding hydrogens is 172 g/mol. The summed E-state index contributed by atoms with van der Waals surface area (Å²) in [6.07, 6.45) is 2.88. The van der Waals surface area contributed by atoms with Gasteiger partial charge in [0.25, 0.3) is 0 Å². The lowest BCUT2D eigenvalue weighted by molar-refractivity contribution is 0.267. The third kappa shape index (κ3) is 2.63. The zero-order valence-corrected chi connectivity index (χ0v) is 9.21. The van der Waals surface area contributed by atoms with E-state index in [2.05, 4.69) is 38.6 Å². The Labute approximate surface area is 86.4 Å². The summed E-state index contributed by atoms with van der Waals surface area (Å²) in [7, 11) is 0. The van der Waals surface area contributed by atoms with Gasteiger partial charge in [0.2, 0.25) is 0 Å². The van der Waals surface area contributed by atoms with Crippen molar-refractivity contribution in [1.29, 1.82) is 0 Å². The molecule has 1 heteroatoms. The van der Waals surface area contributed by atoms with Gasteiger partial charge < -0.3 is 4.74 Å². The SMILES string of the molecule is C=CC(C)Oc1cc(C)ccc1CC. The van der Waals surface area contributed by atoms with Crippen LogP contribution in [0.5, 0.6) is 5.75 Å². The van der Waals surface area contributed by atoms with Crippen LogP contribution in [0.3, 0.4) is 0 Å². The lowest BCUT2D eigenvalue weighted by atomic mass is 10.1. The van der Waals surface area contributed by atoms with E-state index in [1.54, 1.807) is 0 Å². The van der Waals surface area contributed by atoms with Crippen LogP contribution in [0.15, 0.2) is 30.9 Å². The number of hydrogen-bond donors (Lipinski definition) is 0. The molecule has 1 aromatic rings. The van der Waals surface area contributed by atoms with Crippen LogP contribution in [0.1, 0.15) is 25.0 Å². The van der Waals surface area contributed by atoms with E-state index in [0.717, 1.165) is 12.2 Å². The number of benzene rings is 1. The molecule has 1 atom stereocenters. The summed E-state index contributed by atoms with van der Waals surface area (Å²) < 4.78 is 5.75. The number of aryl methyl sites for hydroxylation is 2. The van der Waals surface area contributed by atoms with Gasteiger partial charge in [-0.25, -0.2) is 0 Å². The van der Waals surface area contributed by atoms with Crippen molar-refractivity contribution in [3.63, 3.8) is 0 Å². The monoisotopic (exact) mass is 190 g/mol. The molecule has 1 rings (SSSR count).